The van der Waals surface area contributed by atoms with E-state index < -0.39 is 0 Å². The van der Waals surface area contributed by atoms with Crippen LogP contribution in [-0.4, -0.2) is 17.5 Å². The molecule has 0 spiro atoms. The predicted molar refractivity (Wildman–Crippen MR) is 83.6 cm³/mol. The molecule has 3 rings (SSSR count). The van der Waals surface area contributed by atoms with Crippen LogP contribution in [0.15, 0.2) is 35.7 Å². The van der Waals surface area contributed by atoms with Crippen LogP contribution < -0.4 is 5.32 Å². The summed E-state index contributed by atoms with van der Waals surface area (Å²) in [7, 11) is 0. The molecular weight excluding hydrogens is 292 g/mol. The molecule has 1 N–H and O–H groups in total. The van der Waals surface area contributed by atoms with Crippen molar-refractivity contribution in [1.29, 1.82) is 0 Å². The van der Waals surface area contributed by atoms with E-state index in [0.29, 0.717) is 5.02 Å². The number of urea groups is 1. The van der Waals surface area contributed by atoms with Gasteiger partial charge < -0.3 is 10.2 Å². The first-order valence-corrected chi connectivity index (χ1v) is 7.80. The Morgan fingerprint density at radius 2 is 2.30 bits per heavy atom. The second-order valence-corrected chi connectivity index (χ2v) is 6.30. The molecule has 1 aliphatic heterocycles. The van der Waals surface area contributed by atoms with Gasteiger partial charge in [-0.25, -0.2) is 4.79 Å². The molecule has 0 radical (unpaired) electrons. The number of halogens is 1. The van der Waals surface area contributed by atoms with Crippen LogP contribution in [-0.2, 0) is 6.42 Å². The lowest BCUT2D eigenvalue weighted by Crippen LogP contribution is -2.40. The van der Waals surface area contributed by atoms with Crippen LogP contribution in [0.3, 0.4) is 0 Å². The van der Waals surface area contributed by atoms with Crippen molar-refractivity contribution in [2.24, 2.45) is 0 Å². The maximum Gasteiger partial charge on any atom is 0.322 e. The Bertz CT molecular complexity index is 640. The van der Waals surface area contributed by atoms with Crippen molar-refractivity contribution in [3.05, 3.63) is 51.2 Å². The molecule has 1 aliphatic rings. The molecule has 0 saturated heterocycles. The maximum atomic E-state index is 12.4. The number of rotatable bonds is 1. The van der Waals surface area contributed by atoms with E-state index in [1.165, 1.54) is 10.4 Å². The van der Waals surface area contributed by atoms with Crippen LogP contribution in [0.25, 0.3) is 0 Å². The molecule has 104 valence electrons. The molecule has 2 aromatic rings. The van der Waals surface area contributed by atoms with Gasteiger partial charge in [0, 0.05) is 22.1 Å². The Balaban J connectivity index is 1.75. The molecule has 5 heteroatoms. The highest BCUT2D eigenvalue weighted by atomic mass is 35.5. The SMILES string of the molecule is C[C@H]1c2ccsc2CCN1C(=O)Nc1cccc(Cl)c1. The van der Waals surface area contributed by atoms with Gasteiger partial charge in [0.1, 0.15) is 0 Å². The number of amides is 2. The average Bonchev–Trinajstić information content (AvgIpc) is 2.88. The third-order valence-corrected chi connectivity index (χ3v) is 4.85. The van der Waals surface area contributed by atoms with Crippen LogP contribution in [0.4, 0.5) is 10.5 Å². The fourth-order valence-corrected chi connectivity index (χ4v) is 3.70. The molecule has 3 nitrogen and oxygen atoms in total. The van der Waals surface area contributed by atoms with Gasteiger partial charge in [0.15, 0.2) is 0 Å². The van der Waals surface area contributed by atoms with Crippen LogP contribution in [0, 0.1) is 0 Å². The number of carbonyl (C=O) groups is 1. The molecule has 0 bridgehead atoms. The summed E-state index contributed by atoms with van der Waals surface area (Å²) in [6, 6.07) is 9.37. The van der Waals surface area contributed by atoms with Gasteiger partial charge in [-0.15, -0.1) is 11.3 Å². The van der Waals surface area contributed by atoms with Crippen LogP contribution in [0.5, 0.6) is 0 Å². The number of fused-ring (bicyclic) bond motifs is 1. The van der Waals surface area contributed by atoms with E-state index in [-0.39, 0.29) is 12.1 Å². The molecule has 1 aromatic carbocycles. The Kier molecular flexibility index (Phi) is 3.68. The lowest BCUT2D eigenvalue weighted by molar-refractivity contribution is 0.189. The van der Waals surface area contributed by atoms with E-state index in [0.717, 1.165) is 18.7 Å². The van der Waals surface area contributed by atoms with Crippen molar-refractivity contribution < 1.29 is 4.79 Å². The second-order valence-electron chi connectivity index (χ2n) is 4.86. The van der Waals surface area contributed by atoms with Crippen molar-refractivity contribution in [2.75, 3.05) is 11.9 Å². The van der Waals surface area contributed by atoms with Gasteiger partial charge in [0.05, 0.1) is 6.04 Å². The molecule has 1 aromatic heterocycles. The van der Waals surface area contributed by atoms with Gasteiger partial charge >= 0.3 is 6.03 Å². The van der Waals surface area contributed by atoms with E-state index in [1.54, 1.807) is 23.5 Å². The lowest BCUT2D eigenvalue weighted by atomic mass is 10.0. The van der Waals surface area contributed by atoms with E-state index in [9.17, 15) is 4.79 Å². The lowest BCUT2D eigenvalue weighted by Gasteiger charge is -2.33. The van der Waals surface area contributed by atoms with E-state index in [1.807, 2.05) is 17.0 Å². The minimum Gasteiger partial charge on any atom is -0.317 e. The number of hydrogen-bond donors (Lipinski definition) is 1. The Morgan fingerprint density at radius 1 is 1.45 bits per heavy atom. The predicted octanol–water partition coefficient (Wildman–Crippen LogP) is 4.55. The Hall–Kier alpha value is -1.52. The average molecular weight is 307 g/mol. The van der Waals surface area contributed by atoms with Gasteiger partial charge in [-0.2, -0.15) is 0 Å². The standard InChI is InChI=1S/C15H15ClN2OS/c1-10-13-6-8-20-14(13)5-7-18(10)15(19)17-12-4-2-3-11(16)9-12/h2-4,6,8-10H,5,7H2,1H3,(H,17,19)/t10-/m0/s1. The fourth-order valence-electron chi connectivity index (χ4n) is 2.55. The smallest absolute Gasteiger partial charge is 0.317 e. The molecule has 0 aliphatic carbocycles. The number of benzene rings is 1. The zero-order chi connectivity index (χ0) is 14.1. The number of nitrogens with zero attached hydrogens (tertiary/aromatic N) is 1. The minimum atomic E-state index is -0.0726. The molecule has 0 unspecified atom stereocenters. The Morgan fingerprint density at radius 3 is 3.10 bits per heavy atom. The highest BCUT2D eigenvalue weighted by molar-refractivity contribution is 7.10. The second kappa shape index (κ2) is 5.46. The van der Waals surface area contributed by atoms with Crippen molar-refractivity contribution in [3.63, 3.8) is 0 Å². The number of thiophene rings is 1. The van der Waals surface area contributed by atoms with Crippen molar-refractivity contribution in [1.82, 2.24) is 4.90 Å². The molecule has 2 amide bonds. The molecular formula is C15H15ClN2OS. The minimum absolute atomic E-state index is 0.0726. The molecule has 2 heterocycles. The number of hydrogen-bond acceptors (Lipinski definition) is 2. The van der Waals surface area contributed by atoms with Crippen LogP contribution >= 0.6 is 22.9 Å². The summed E-state index contributed by atoms with van der Waals surface area (Å²) in [5.74, 6) is 0. The van der Waals surface area contributed by atoms with Gasteiger partial charge in [-0.3, -0.25) is 0 Å². The van der Waals surface area contributed by atoms with Crippen LogP contribution in [0.1, 0.15) is 23.4 Å². The molecule has 0 fully saturated rings. The van der Waals surface area contributed by atoms with Crippen molar-refractivity contribution >= 4 is 34.7 Å². The summed E-state index contributed by atoms with van der Waals surface area (Å²) < 4.78 is 0. The zero-order valence-electron chi connectivity index (χ0n) is 11.1. The molecule has 1 atom stereocenters. The Labute approximate surface area is 127 Å². The quantitative estimate of drug-likeness (QED) is 0.823. The number of nitrogens with one attached hydrogen (secondary N) is 1. The van der Waals surface area contributed by atoms with Crippen LogP contribution in [0.2, 0.25) is 5.02 Å². The maximum absolute atomic E-state index is 12.4. The zero-order valence-corrected chi connectivity index (χ0v) is 12.7. The summed E-state index contributed by atoms with van der Waals surface area (Å²) in [4.78, 5) is 15.7. The van der Waals surface area contributed by atoms with Gasteiger partial charge in [-0.1, -0.05) is 17.7 Å². The normalized spacial score (nSPS) is 17.7. The van der Waals surface area contributed by atoms with E-state index in [2.05, 4.69) is 23.7 Å². The highest BCUT2D eigenvalue weighted by Crippen LogP contribution is 2.33. The van der Waals surface area contributed by atoms with Gasteiger partial charge in [0.25, 0.3) is 0 Å². The number of carbonyl (C=O) groups excluding carboxylic acids is 1. The van der Waals surface area contributed by atoms with Gasteiger partial charge in [0.2, 0.25) is 0 Å². The topological polar surface area (TPSA) is 32.3 Å². The summed E-state index contributed by atoms with van der Waals surface area (Å²) in [6.07, 6.45) is 0.931. The first kappa shape index (κ1) is 13.5. The summed E-state index contributed by atoms with van der Waals surface area (Å²) in [6.45, 7) is 2.82. The molecule has 0 saturated carbocycles. The largest absolute Gasteiger partial charge is 0.322 e. The summed E-state index contributed by atoms with van der Waals surface area (Å²) >= 11 is 7.70. The monoisotopic (exact) mass is 306 g/mol. The molecule has 20 heavy (non-hydrogen) atoms. The summed E-state index contributed by atoms with van der Waals surface area (Å²) in [5, 5.41) is 5.63. The third-order valence-electron chi connectivity index (χ3n) is 3.61. The van der Waals surface area contributed by atoms with Gasteiger partial charge in [-0.05, 0) is 48.6 Å². The van der Waals surface area contributed by atoms with E-state index >= 15 is 0 Å². The van der Waals surface area contributed by atoms with Crippen molar-refractivity contribution in [2.45, 2.75) is 19.4 Å². The number of anilines is 1. The summed E-state index contributed by atoms with van der Waals surface area (Å²) in [5.41, 5.74) is 1.99. The fraction of sp³-hybridized carbons (Fsp3) is 0.267. The van der Waals surface area contributed by atoms with Crippen molar-refractivity contribution in [3.8, 4) is 0 Å². The van der Waals surface area contributed by atoms with E-state index in [4.69, 9.17) is 11.6 Å². The first-order valence-electron chi connectivity index (χ1n) is 6.54. The first-order chi connectivity index (χ1) is 9.65. The highest BCUT2D eigenvalue weighted by Gasteiger charge is 2.28. The third kappa shape index (κ3) is 2.53.